The monoisotopic (exact) mass is 477 g/mol. The Morgan fingerprint density at radius 3 is 2.62 bits per heavy atom. The molecule has 1 fully saturated rings. The van der Waals surface area contributed by atoms with Crippen LogP contribution in [0.5, 0.6) is 11.5 Å². The van der Waals surface area contributed by atoms with Crippen LogP contribution in [0.15, 0.2) is 23.2 Å². The molecule has 0 aliphatic carbocycles. The molecule has 7 heteroatoms. The van der Waals surface area contributed by atoms with E-state index in [1.54, 1.807) is 14.2 Å². The maximum atomic E-state index is 5.80. The van der Waals surface area contributed by atoms with Gasteiger partial charge in [-0.2, -0.15) is 0 Å². The van der Waals surface area contributed by atoms with Crippen molar-refractivity contribution < 1.29 is 14.2 Å². The molecule has 1 aliphatic heterocycles. The fraction of sp³-hybridized carbons (Fsp3) is 0.632. The van der Waals surface area contributed by atoms with E-state index in [0.29, 0.717) is 6.54 Å². The quantitative estimate of drug-likeness (QED) is 0.343. The standard InChI is InChI=1S/C19H31N3O3.HI/c1-5-20-18(22-14-19(2)10-6-12-25-19)21-11-9-15-7-8-16(23-3)17(13-15)24-4;/h7-8,13H,5-6,9-12,14H2,1-4H3,(H2,20,21,22);1H. The number of nitrogens with one attached hydrogen (secondary N) is 2. The number of nitrogens with zero attached hydrogens (tertiary/aromatic N) is 1. The van der Waals surface area contributed by atoms with E-state index in [2.05, 4.69) is 35.5 Å². The summed E-state index contributed by atoms with van der Waals surface area (Å²) in [5, 5.41) is 6.68. The van der Waals surface area contributed by atoms with E-state index >= 15 is 0 Å². The fourth-order valence-electron chi connectivity index (χ4n) is 2.91. The average Bonchev–Trinajstić information content (AvgIpc) is 3.06. The molecule has 2 rings (SSSR count). The lowest BCUT2D eigenvalue weighted by Gasteiger charge is -2.21. The van der Waals surface area contributed by atoms with E-state index in [1.165, 1.54) is 5.56 Å². The number of aliphatic imine (C=N–C) groups is 1. The largest absolute Gasteiger partial charge is 0.493 e. The van der Waals surface area contributed by atoms with E-state index in [0.717, 1.165) is 56.4 Å². The van der Waals surface area contributed by atoms with Gasteiger partial charge in [-0.3, -0.25) is 4.99 Å². The second kappa shape index (κ2) is 11.5. The van der Waals surface area contributed by atoms with Crippen molar-refractivity contribution in [3.63, 3.8) is 0 Å². The lowest BCUT2D eigenvalue weighted by Crippen LogP contribution is -2.40. The van der Waals surface area contributed by atoms with Gasteiger partial charge in [0, 0.05) is 19.7 Å². The van der Waals surface area contributed by atoms with Crippen molar-refractivity contribution in [3.8, 4) is 11.5 Å². The Balaban J connectivity index is 0.00000338. The van der Waals surface area contributed by atoms with Crippen LogP contribution in [0.4, 0.5) is 0 Å². The van der Waals surface area contributed by atoms with Crippen LogP contribution in [0.25, 0.3) is 0 Å². The van der Waals surface area contributed by atoms with Crippen molar-refractivity contribution in [2.75, 3.05) is 40.5 Å². The summed E-state index contributed by atoms with van der Waals surface area (Å²) in [7, 11) is 3.30. The molecule has 26 heavy (non-hydrogen) atoms. The topological polar surface area (TPSA) is 64.1 Å². The van der Waals surface area contributed by atoms with Gasteiger partial charge < -0.3 is 24.8 Å². The first kappa shape index (κ1) is 22.8. The summed E-state index contributed by atoms with van der Waals surface area (Å²) in [4.78, 5) is 4.68. The van der Waals surface area contributed by atoms with Gasteiger partial charge in [-0.25, -0.2) is 0 Å². The highest BCUT2D eigenvalue weighted by atomic mass is 127. The molecule has 0 saturated carbocycles. The van der Waals surface area contributed by atoms with Crippen LogP contribution in [0.1, 0.15) is 32.3 Å². The molecule has 1 aromatic carbocycles. The first-order valence-electron chi connectivity index (χ1n) is 8.97. The van der Waals surface area contributed by atoms with E-state index in [9.17, 15) is 0 Å². The molecule has 1 heterocycles. The Hall–Kier alpha value is -1.22. The van der Waals surface area contributed by atoms with Crippen molar-refractivity contribution in [1.82, 2.24) is 10.6 Å². The van der Waals surface area contributed by atoms with Crippen molar-refractivity contribution in [2.24, 2.45) is 4.99 Å². The summed E-state index contributed by atoms with van der Waals surface area (Å²) in [6, 6.07) is 6.00. The molecular weight excluding hydrogens is 445 g/mol. The van der Waals surface area contributed by atoms with Crippen LogP contribution in [-0.4, -0.2) is 52.0 Å². The van der Waals surface area contributed by atoms with Gasteiger partial charge in [0.15, 0.2) is 17.5 Å². The van der Waals surface area contributed by atoms with Gasteiger partial charge in [-0.05, 0) is 50.8 Å². The predicted molar refractivity (Wildman–Crippen MR) is 116 cm³/mol. The molecule has 1 aliphatic rings. The van der Waals surface area contributed by atoms with Crippen LogP contribution >= 0.6 is 24.0 Å². The van der Waals surface area contributed by atoms with E-state index in [4.69, 9.17) is 14.2 Å². The normalized spacial score (nSPS) is 19.6. The highest BCUT2D eigenvalue weighted by molar-refractivity contribution is 14.0. The van der Waals surface area contributed by atoms with Crippen molar-refractivity contribution in [3.05, 3.63) is 23.8 Å². The summed E-state index contributed by atoms with van der Waals surface area (Å²) >= 11 is 0. The predicted octanol–water partition coefficient (Wildman–Crippen LogP) is 2.99. The van der Waals surface area contributed by atoms with Crippen LogP contribution < -0.4 is 20.1 Å². The van der Waals surface area contributed by atoms with Crippen LogP contribution in [0.2, 0.25) is 0 Å². The van der Waals surface area contributed by atoms with Gasteiger partial charge in [-0.1, -0.05) is 6.07 Å². The number of ether oxygens (including phenoxy) is 3. The SMILES string of the molecule is CCNC(=NCC1(C)CCCO1)NCCc1ccc(OC)c(OC)c1.I. The van der Waals surface area contributed by atoms with Crippen LogP contribution in [-0.2, 0) is 11.2 Å². The van der Waals surface area contributed by atoms with E-state index < -0.39 is 0 Å². The minimum Gasteiger partial charge on any atom is -0.493 e. The zero-order valence-electron chi connectivity index (χ0n) is 16.3. The number of rotatable bonds is 8. The lowest BCUT2D eigenvalue weighted by molar-refractivity contribution is 0.0283. The fourth-order valence-corrected chi connectivity index (χ4v) is 2.91. The Bertz CT molecular complexity index is 575. The summed E-state index contributed by atoms with van der Waals surface area (Å²) in [6.07, 6.45) is 3.06. The number of hydrogen-bond acceptors (Lipinski definition) is 4. The molecule has 1 atom stereocenters. The Kier molecular flexibility index (Phi) is 10.1. The van der Waals surface area contributed by atoms with Crippen molar-refractivity contribution >= 4 is 29.9 Å². The van der Waals surface area contributed by atoms with Gasteiger partial charge in [0.05, 0.1) is 26.4 Å². The molecule has 0 aromatic heterocycles. The molecule has 2 N–H and O–H groups in total. The number of benzene rings is 1. The number of hydrogen-bond donors (Lipinski definition) is 2. The molecule has 1 saturated heterocycles. The minimum atomic E-state index is -0.119. The van der Waals surface area contributed by atoms with E-state index in [1.807, 2.05) is 12.1 Å². The van der Waals surface area contributed by atoms with Gasteiger partial charge in [0.2, 0.25) is 0 Å². The van der Waals surface area contributed by atoms with Crippen molar-refractivity contribution in [2.45, 2.75) is 38.7 Å². The first-order chi connectivity index (χ1) is 12.1. The zero-order valence-corrected chi connectivity index (χ0v) is 18.6. The van der Waals surface area contributed by atoms with E-state index in [-0.39, 0.29) is 29.6 Å². The Morgan fingerprint density at radius 2 is 2.00 bits per heavy atom. The van der Waals surface area contributed by atoms with Gasteiger partial charge in [0.25, 0.3) is 0 Å². The van der Waals surface area contributed by atoms with Gasteiger partial charge >= 0.3 is 0 Å². The summed E-state index contributed by atoms with van der Waals surface area (Å²) in [6.45, 7) is 7.35. The zero-order chi connectivity index (χ0) is 18.1. The smallest absolute Gasteiger partial charge is 0.191 e. The molecule has 148 valence electrons. The lowest BCUT2D eigenvalue weighted by atomic mass is 10.0. The highest BCUT2D eigenvalue weighted by Crippen LogP contribution is 2.27. The molecule has 1 unspecified atom stereocenters. The summed E-state index contributed by atoms with van der Waals surface area (Å²) in [5.41, 5.74) is 1.07. The molecule has 0 spiro atoms. The third kappa shape index (κ3) is 6.83. The third-order valence-corrected chi connectivity index (χ3v) is 4.37. The minimum absolute atomic E-state index is 0. The average molecular weight is 477 g/mol. The molecule has 6 nitrogen and oxygen atoms in total. The number of halogens is 1. The van der Waals surface area contributed by atoms with Crippen LogP contribution in [0, 0.1) is 0 Å². The second-order valence-electron chi connectivity index (χ2n) is 6.46. The maximum Gasteiger partial charge on any atom is 0.191 e. The highest BCUT2D eigenvalue weighted by Gasteiger charge is 2.29. The Labute approximate surface area is 174 Å². The molecular formula is C19H32IN3O3. The van der Waals surface area contributed by atoms with Crippen LogP contribution in [0.3, 0.4) is 0 Å². The summed E-state index contributed by atoms with van der Waals surface area (Å²) < 4.78 is 16.4. The molecule has 0 amide bonds. The third-order valence-electron chi connectivity index (χ3n) is 4.37. The number of guanidine groups is 1. The molecule has 0 radical (unpaired) electrons. The molecule has 0 bridgehead atoms. The number of methoxy groups -OCH3 is 2. The van der Waals surface area contributed by atoms with Crippen molar-refractivity contribution in [1.29, 1.82) is 0 Å². The second-order valence-corrected chi connectivity index (χ2v) is 6.46. The maximum absolute atomic E-state index is 5.80. The molecule has 1 aromatic rings. The first-order valence-corrected chi connectivity index (χ1v) is 8.97. The van der Waals surface area contributed by atoms with Gasteiger partial charge in [-0.15, -0.1) is 24.0 Å². The van der Waals surface area contributed by atoms with Gasteiger partial charge in [0.1, 0.15) is 0 Å². The summed E-state index contributed by atoms with van der Waals surface area (Å²) in [5.74, 6) is 2.34. The Morgan fingerprint density at radius 1 is 1.23 bits per heavy atom.